The number of allylic oxidation sites excluding steroid dienone is 2. The van der Waals surface area contributed by atoms with Crippen molar-refractivity contribution in [2.45, 2.75) is 12.8 Å². The third-order valence-corrected chi connectivity index (χ3v) is 2.27. The first kappa shape index (κ1) is 9.61. The van der Waals surface area contributed by atoms with Crippen molar-refractivity contribution in [3.8, 4) is 0 Å². The second-order valence-electron chi connectivity index (χ2n) is 2.49. The number of hydrogen-bond acceptors (Lipinski definition) is 2. The molecule has 0 aliphatic heterocycles. The van der Waals surface area contributed by atoms with Crippen LogP contribution in [0, 0.1) is 0 Å². The summed E-state index contributed by atoms with van der Waals surface area (Å²) in [6.07, 6.45) is 4.42. The molecule has 1 aliphatic rings. The summed E-state index contributed by atoms with van der Waals surface area (Å²) < 4.78 is 0. The Kier molecular flexibility index (Phi) is 3.17. The average molecular weight is 200 g/mol. The second-order valence-corrected chi connectivity index (χ2v) is 3.31. The molecule has 64 valence electrons. The van der Waals surface area contributed by atoms with E-state index in [1.807, 2.05) is 0 Å². The normalized spacial score (nSPS) is 16.5. The molecule has 0 heterocycles. The lowest BCUT2D eigenvalue weighted by Gasteiger charge is -2.08. The zero-order valence-corrected chi connectivity index (χ0v) is 8.07. The maximum absolute atomic E-state index is 10.7. The Hall–Kier alpha value is -0.480. The van der Waals surface area contributed by atoms with Gasteiger partial charge in [-0.05, 0) is 12.8 Å². The molecule has 0 aromatic heterocycles. The SMILES string of the molecule is O=C(S)C1=CC=C(C(=O)S)CC1. The molecule has 0 fully saturated rings. The number of rotatable bonds is 2. The van der Waals surface area contributed by atoms with Crippen molar-refractivity contribution in [1.82, 2.24) is 0 Å². The van der Waals surface area contributed by atoms with Gasteiger partial charge in [-0.1, -0.05) is 12.2 Å². The van der Waals surface area contributed by atoms with Crippen LogP contribution in [0.4, 0.5) is 0 Å². The van der Waals surface area contributed by atoms with Crippen LogP contribution in [0.5, 0.6) is 0 Å². The minimum absolute atomic E-state index is 0.225. The quantitative estimate of drug-likeness (QED) is 0.663. The van der Waals surface area contributed by atoms with Gasteiger partial charge in [0.05, 0.1) is 0 Å². The minimum Gasteiger partial charge on any atom is -0.282 e. The molecule has 1 rings (SSSR count). The topological polar surface area (TPSA) is 34.1 Å². The van der Waals surface area contributed by atoms with E-state index in [4.69, 9.17) is 0 Å². The summed E-state index contributed by atoms with van der Waals surface area (Å²) in [5.41, 5.74) is 1.30. The molecular weight excluding hydrogens is 192 g/mol. The molecule has 0 atom stereocenters. The average Bonchev–Trinajstić information content (AvgIpc) is 2.04. The molecule has 1 aliphatic carbocycles. The van der Waals surface area contributed by atoms with Gasteiger partial charge in [0.25, 0.3) is 0 Å². The van der Waals surface area contributed by atoms with Gasteiger partial charge in [0.2, 0.25) is 10.2 Å². The smallest absolute Gasteiger partial charge is 0.212 e. The van der Waals surface area contributed by atoms with Gasteiger partial charge in [0, 0.05) is 11.1 Å². The van der Waals surface area contributed by atoms with Gasteiger partial charge in [0.15, 0.2) is 0 Å². The molecule has 0 aromatic carbocycles. The molecule has 12 heavy (non-hydrogen) atoms. The van der Waals surface area contributed by atoms with Crippen molar-refractivity contribution in [2.75, 3.05) is 0 Å². The van der Waals surface area contributed by atoms with Gasteiger partial charge >= 0.3 is 0 Å². The molecule has 0 bridgehead atoms. The first-order valence-corrected chi connectivity index (χ1v) is 4.37. The molecule has 0 N–H and O–H groups in total. The van der Waals surface area contributed by atoms with Gasteiger partial charge < -0.3 is 0 Å². The van der Waals surface area contributed by atoms with E-state index in [-0.39, 0.29) is 10.2 Å². The van der Waals surface area contributed by atoms with Crippen LogP contribution in [-0.4, -0.2) is 10.2 Å². The monoisotopic (exact) mass is 200 g/mol. The lowest BCUT2D eigenvalue weighted by atomic mass is 10.00. The molecule has 2 nitrogen and oxygen atoms in total. The van der Waals surface area contributed by atoms with Gasteiger partial charge in [0.1, 0.15) is 0 Å². The van der Waals surface area contributed by atoms with Gasteiger partial charge in [-0.25, -0.2) is 0 Å². The van der Waals surface area contributed by atoms with Gasteiger partial charge in [-0.3, -0.25) is 9.59 Å². The largest absolute Gasteiger partial charge is 0.282 e. The third-order valence-electron chi connectivity index (χ3n) is 1.70. The molecule has 0 radical (unpaired) electrons. The maximum atomic E-state index is 10.7. The van der Waals surface area contributed by atoms with E-state index in [0.717, 1.165) is 0 Å². The third kappa shape index (κ3) is 2.25. The van der Waals surface area contributed by atoms with Crippen molar-refractivity contribution in [2.24, 2.45) is 0 Å². The first-order valence-electron chi connectivity index (χ1n) is 3.47. The van der Waals surface area contributed by atoms with Crippen molar-refractivity contribution in [1.29, 1.82) is 0 Å². The van der Waals surface area contributed by atoms with Crippen LogP contribution in [0.1, 0.15) is 12.8 Å². The fraction of sp³-hybridized carbons (Fsp3) is 0.250. The summed E-state index contributed by atoms with van der Waals surface area (Å²) in [5, 5.41) is -0.450. The standard InChI is InChI=1S/C8H8O2S2/c9-7(11)5-1-2-6(4-3-5)8(10)12/h1-2H,3-4H2,(H,9,11)(H,10,12). The van der Waals surface area contributed by atoms with Crippen molar-refractivity contribution in [3.05, 3.63) is 23.3 Å². The Morgan fingerprint density at radius 1 is 1.00 bits per heavy atom. The van der Waals surface area contributed by atoms with E-state index in [1.54, 1.807) is 12.2 Å². The number of thiol groups is 2. The van der Waals surface area contributed by atoms with Crippen LogP contribution in [0.3, 0.4) is 0 Å². The van der Waals surface area contributed by atoms with E-state index in [2.05, 4.69) is 25.3 Å². The molecular formula is C8H8O2S2. The molecule has 0 amide bonds. The van der Waals surface area contributed by atoms with E-state index in [0.29, 0.717) is 24.0 Å². The van der Waals surface area contributed by atoms with Crippen molar-refractivity contribution in [3.63, 3.8) is 0 Å². The Bertz CT molecular complexity index is 259. The fourth-order valence-corrected chi connectivity index (χ4v) is 1.37. The van der Waals surface area contributed by atoms with Crippen molar-refractivity contribution >= 4 is 35.5 Å². The number of carbonyl (C=O) groups is 2. The summed E-state index contributed by atoms with van der Waals surface area (Å²) in [6, 6.07) is 0. The number of carbonyl (C=O) groups excluding carboxylic acids is 2. The Morgan fingerprint density at radius 3 is 1.50 bits per heavy atom. The Morgan fingerprint density at radius 2 is 1.33 bits per heavy atom. The highest BCUT2D eigenvalue weighted by molar-refractivity contribution is 7.97. The predicted octanol–water partition coefficient (Wildman–Crippen LogP) is 1.55. The van der Waals surface area contributed by atoms with E-state index in [1.165, 1.54) is 0 Å². The highest BCUT2D eigenvalue weighted by Crippen LogP contribution is 2.21. The summed E-state index contributed by atoms with van der Waals surface area (Å²) >= 11 is 7.36. The van der Waals surface area contributed by atoms with Crippen molar-refractivity contribution < 1.29 is 9.59 Å². The molecule has 4 heteroatoms. The van der Waals surface area contributed by atoms with Gasteiger partial charge in [-0.15, -0.1) is 25.3 Å². The summed E-state index contributed by atoms with van der Waals surface area (Å²) in [6.45, 7) is 0. The van der Waals surface area contributed by atoms with Crippen LogP contribution >= 0.6 is 25.3 Å². The molecule has 0 spiro atoms. The van der Waals surface area contributed by atoms with Gasteiger partial charge in [-0.2, -0.15) is 0 Å². The zero-order valence-electron chi connectivity index (χ0n) is 6.28. The second kappa shape index (κ2) is 3.96. The highest BCUT2D eigenvalue weighted by Gasteiger charge is 2.12. The predicted molar refractivity (Wildman–Crippen MR) is 53.4 cm³/mol. The van der Waals surface area contributed by atoms with Crippen LogP contribution in [0.25, 0.3) is 0 Å². The summed E-state index contributed by atoms with van der Waals surface area (Å²) in [4.78, 5) is 21.5. The van der Waals surface area contributed by atoms with E-state index in [9.17, 15) is 9.59 Å². The minimum atomic E-state index is -0.225. The maximum Gasteiger partial charge on any atom is 0.212 e. The molecule has 0 unspecified atom stereocenters. The lowest BCUT2D eigenvalue weighted by molar-refractivity contribution is -0.109. The molecule has 0 aromatic rings. The highest BCUT2D eigenvalue weighted by atomic mass is 32.1. The van der Waals surface area contributed by atoms with Crippen LogP contribution in [0.15, 0.2) is 23.3 Å². The number of hydrogen-bond donors (Lipinski definition) is 2. The Balaban J connectivity index is 2.80. The van der Waals surface area contributed by atoms with E-state index < -0.39 is 0 Å². The van der Waals surface area contributed by atoms with Crippen LogP contribution < -0.4 is 0 Å². The van der Waals surface area contributed by atoms with E-state index >= 15 is 0 Å². The van der Waals surface area contributed by atoms with Crippen LogP contribution in [0.2, 0.25) is 0 Å². The molecule has 0 saturated heterocycles. The first-order chi connectivity index (χ1) is 5.61. The summed E-state index contributed by atoms with van der Waals surface area (Å²) in [7, 11) is 0. The summed E-state index contributed by atoms with van der Waals surface area (Å²) in [5.74, 6) is 0. The zero-order chi connectivity index (χ0) is 9.14. The lowest BCUT2D eigenvalue weighted by Crippen LogP contribution is -2.02. The van der Waals surface area contributed by atoms with Crippen LogP contribution in [-0.2, 0) is 9.59 Å². The molecule has 0 saturated carbocycles. The Labute approximate surface area is 81.5 Å². The fourth-order valence-electron chi connectivity index (χ4n) is 0.994.